The highest BCUT2D eigenvalue weighted by Gasteiger charge is 2.16. The van der Waals surface area contributed by atoms with Gasteiger partial charge in [0, 0.05) is 16.2 Å². The molecule has 14 heavy (non-hydrogen) atoms. The molecular formula is C9H14BNO2S. The Morgan fingerprint density at radius 1 is 1.29 bits per heavy atom. The van der Waals surface area contributed by atoms with E-state index in [2.05, 4.69) is 4.90 Å². The van der Waals surface area contributed by atoms with E-state index in [0.717, 1.165) is 6.54 Å². The Morgan fingerprint density at radius 3 is 2.57 bits per heavy atom. The fourth-order valence-corrected chi connectivity index (χ4v) is 2.71. The van der Waals surface area contributed by atoms with Crippen molar-refractivity contribution in [3.05, 3.63) is 17.0 Å². The molecule has 0 unspecified atom stereocenters. The van der Waals surface area contributed by atoms with E-state index >= 15 is 0 Å². The lowest BCUT2D eigenvalue weighted by Gasteiger charge is -2.12. The van der Waals surface area contributed by atoms with Gasteiger partial charge in [0.25, 0.3) is 0 Å². The first-order valence-electron chi connectivity index (χ1n) is 4.93. The van der Waals surface area contributed by atoms with Gasteiger partial charge in [-0.15, -0.1) is 11.3 Å². The Labute approximate surface area is 88.1 Å². The summed E-state index contributed by atoms with van der Waals surface area (Å²) >= 11 is 1.49. The van der Waals surface area contributed by atoms with Crippen molar-refractivity contribution in [3.63, 3.8) is 0 Å². The largest absolute Gasteiger partial charge is 0.499 e. The van der Waals surface area contributed by atoms with Crippen molar-refractivity contribution in [3.8, 4) is 0 Å². The minimum absolute atomic E-state index is 0.638. The van der Waals surface area contributed by atoms with Crippen molar-refractivity contribution in [1.82, 2.24) is 4.90 Å². The van der Waals surface area contributed by atoms with E-state index in [0.29, 0.717) is 4.78 Å². The van der Waals surface area contributed by atoms with Crippen LogP contribution in [-0.4, -0.2) is 35.2 Å². The van der Waals surface area contributed by atoms with Gasteiger partial charge in [-0.05, 0) is 32.0 Å². The second-order valence-corrected chi connectivity index (χ2v) is 4.86. The van der Waals surface area contributed by atoms with E-state index in [-0.39, 0.29) is 0 Å². The smallest absolute Gasteiger partial charge is 0.423 e. The first-order valence-corrected chi connectivity index (χ1v) is 5.74. The zero-order chi connectivity index (χ0) is 9.97. The standard InChI is InChI=1S/C9H14BNO2S/c12-10(13)9-4-3-8(14-9)7-11-5-1-2-6-11/h3-4,12-13H,1-2,5-7H2. The maximum atomic E-state index is 8.95. The van der Waals surface area contributed by atoms with Crippen LogP contribution in [0.15, 0.2) is 12.1 Å². The van der Waals surface area contributed by atoms with E-state index in [9.17, 15) is 0 Å². The molecule has 0 spiro atoms. The Bertz CT molecular complexity index is 297. The van der Waals surface area contributed by atoms with Crippen LogP contribution in [0.5, 0.6) is 0 Å². The molecule has 1 saturated heterocycles. The van der Waals surface area contributed by atoms with Gasteiger partial charge in [-0.2, -0.15) is 0 Å². The molecule has 5 heteroatoms. The van der Waals surface area contributed by atoms with E-state index in [1.165, 1.54) is 42.1 Å². The van der Waals surface area contributed by atoms with Crippen LogP contribution in [0.1, 0.15) is 17.7 Å². The molecule has 3 nitrogen and oxygen atoms in total. The van der Waals surface area contributed by atoms with Gasteiger partial charge in [-0.1, -0.05) is 6.07 Å². The fourth-order valence-electron chi connectivity index (χ4n) is 1.78. The summed E-state index contributed by atoms with van der Waals surface area (Å²) < 4.78 is 0.638. The quantitative estimate of drug-likeness (QED) is 0.693. The van der Waals surface area contributed by atoms with E-state index in [4.69, 9.17) is 10.0 Å². The summed E-state index contributed by atoms with van der Waals surface area (Å²) in [7, 11) is -1.31. The highest BCUT2D eigenvalue weighted by Crippen LogP contribution is 2.15. The van der Waals surface area contributed by atoms with Gasteiger partial charge in [-0.25, -0.2) is 0 Å². The Kier molecular flexibility index (Phi) is 3.23. The van der Waals surface area contributed by atoms with Gasteiger partial charge in [0.15, 0.2) is 0 Å². The third-order valence-electron chi connectivity index (χ3n) is 2.52. The molecular weight excluding hydrogens is 197 g/mol. The van der Waals surface area contributed by atoms with Crippen LogP contribution in [0, 0.1) is 0 Å². The molecule has 2 N–H and O–H groups in total. The van der Waals surface area contributed by atoms with Crippen LogP contribution in [0.3, 0.4) is 0 Å². The molecule has 1 aromatic heterocycles. The summed E-state index contributed by atoms with van der Waals surface area (Å²) in [6, 6.07) is 3.78. The summed E-state index contributed by atoms with van der Waals surface area (Å²) in [5.41, 5.74) is 0. The third-order valence-corrected chi connectivity index (χ3v) is 3.63. The molecule has 1 aliphatic heterocycles. The zero-order valence-corrected chi connectivity index (χ0v) is 8.83. The summed E-state index contributed by atoms with van der Waals surface area (Å²) in [6.45, 7) is 3.31. The first-order chi connectivity index (χ1) is 6.75. The topological polar surface area (TPSA) is 43.7 Å². The Morgan fingerprint density at radius 2 is 2.00 bits per heavy atom. The summed E-state index contributed by atoms with van der Waals surface area (Å²) in [6.07, 6.45) is 2.59. The number of thiophene rings is 1. The lowest BCUT2D eigenvalue weighted by Crippen LogP contribution is -2.26. The number of hydrogen-bond donors (Lipinski definition) is 2. The van der Waals surface area contributed by atoms with Gasteiger partial charge < -0.3 is 10.0 Å². The zero-order valence-electron chi connectivity index (χ0n) is 8.02. The number of likely N-dealkylation sites (tertiary alicyclic amines) is 1. The Hall–Kier alpha value is -0.355. The average molecular weight is 211 g/mol. The third kappa shape index (κ3) is 2.36. The molecule has 0 atom stereocenters. The van der Waals surface area contributed by atoms with Gasteiger partial charge in [0.2, 0.25) is 0 Å². The van der Waals surface area contributed by atoms with Crippen LogP contribution in [0.2, 0.25) is 0 Å². The van der Waals surface area contributed by atoms with Crippen molar-refractivity contribution < 1.29 is 10.0 Å². The van der Waals surface area contributed by atoms with Crippen LogP contribution >= 0.6 is 11.3 Å². The second-order valence-electron chi connectivity index (χ2n) is 3.66. The van der Waals surface area contributed by atoms with Gasteiger partial charge in [-0.3, -0.25) is 4.90 Å². The minimum Gasteiger partial charge on any atom is -0.423 e. The summed E-state index contributed by atoms with van der Waals surface area (Å²) in [5.74, 6) is 0. The lowest BCUT2D eigenvalue weighted by atomic mass is 9.90. The van der Waals surface area contributed by atoms with Crippen molar-refractivity contribution in [2.75, 3.05) is 13.1 Å². The molecule has 0 saturated carbocycles. The van der Waals surface area contributed by atoms with Crippen LogP contribution in [0.4, 0.5) is 0 Å². The Balaban J connectivity index is 1.95. The summed E-state index contributed by atoms with van der Waals surface area (Å²) in [4.78, 5) is 3.62. The summed E-state index contributed by atoms with van der Waals surface area (Å²) in [5, 5.41) is 17.9. The maximum absolute atomic E-state index is 8.95. The molecule has 1 fully saturated rings. The van der Waals surface area contributed by atoms with E-state index < -0.39 is 7.12 Å². The molecule has 0 aromatic carbocycles. The molecule has 0 radical (unpaired) electrons. The minimum atomic E-state index is -1.31. The molecule has 0 amide bonds. The monoisotopic (exact) mass is 211 g/mol. The predicted octanol–water partition coefficient (Wildman–Crippen LogP) is 0.0237. The molecule has 0 aliphatic carbocycles. The molecule has 1 aliphatic rings. The first kappa shape index (κ1) is 10.2. The van der Waals surface area contributed by atoms with Gasteiger partial charge >= 0.3 is 7.12 Å². The van der Waals surface area contributed by atoms with E-state index in [1.54, 1.807) is 6.07 Å². The number of nitrogens with zero attached hydrogens (tertiary/aromatic N) is 1. The lowest BCUT2D eigenvalue weighted by molar-refractivity contribution is 0.334. The SMILES string of the molecule is OB(O)c1ccc(CN2CCCC2)s1. The van der Waals surface area contributed by atoms with E-state index in [1.807, 2.05) is 6.07 Å². The van der Waals surface area contributed by atoms with Crippen molar-refractivity contribution >= 4 is 23.2 Å². The second kappa shape index (κ2) is 4.44. The van der Waals surface area contributed by atoms with Crippen molar-refractivity contribution in [2.45, 2.75) is 19.4 Å². The van der Waals surface area contributed by atoms with Crippen molar-refractivity contribution in [2.24, 2.45) is 0 Å². The fraction of sp³-hybridized carbons (Fsp3) is 0.556. The van der Waals surface area contributed by atoms with Gasteiger partial charge in [0.05, 0.1) is 0 Å². The molecule has 1 aromatic rings. The van der Waals surface area contributed by atoms with Gasteiger partial charge in [0.1, 0.15) is 0 Å². The maximum Gasteiger partial charge on any atom is 0.499 e. The predicted molar refractivity (Wildman–Crippen MR) is 58.7 cm³/mol. The van der Waals surface area contributed by atoms with Crippen LogP contribution in [0.25, 0.3) is 0 Å². The average Bonchev–Trinajstić information content (AvgIpc) is 2.75. The highest BCUT2D eigenvalue weighted by molar-refractivity contribution is 7.22. The normalized spacial score (nSPS) is 17.6. The molecule has 2 rings (SSSR count). The van der Waals surface area contributed by atoms with Crippen LogP contribution < -0.4 is 4.78 Å². The number of rotatable bonds is 3. The number of hydrogen-bond acceptors (Lipinski definition) is 4. The molecule has 2 heterocycles. The van der Waals surface area contributed by atoms with Crippen LogP contribution in [-0.2, 0) is 6.54 Å². The van der Waals surface area contributed by atoms with Crippen molar-refractivity contribution in [1.29, 1.82) is 0 Å². The molecule has 76 valence electrons. The highest BCUT2D eigenvalue weighted by atomic mass is 32.1. The molecule has 0 bridgehead atoms.